The Bertz CT molecular complexity index is 466. The molecule has 66 valence electrons. The molecule has 0 fully saturated rings. The zero-order valence-corrected chi connectivity index (χ0v) is 7.87. The highest BCUT2D eigenvalue weighted by Crippen LogP contribution is 2.20. The summed E-state index contributed by atoms with van der Waals surface area (Å²) in [4.78, 5) is 11.6. The lowest BCUT2D eigenvalue weighted by atomic mass is 9.83. The lowest BCUT2D eigenvalue weighted by molar-refractivity contribution is -0.118. The van der Waals surface area contributed by atoms with E-state index in [1.807, 2.05) is 44.2 Å². The molecule has 0 aliphatic heterocycles. The minimum atomic E-state index is -0.339. The molecule has 0 saturated heterocycles. The Hall–Kier alpha value is -1.37. The van der Waals surface area contributed by atoms with Gasteiger partial charge in [-0.3, -0.25) is 4.79 Å². The van der Waals surface area contributed by atoms with Crippen molar-refractivity contribution in [1.82, 2.24) is 0 Å². The lowest BCUT2D eigenvalue weighted by Gasteiger charge is -2.19. The van der Waals surface area contributed by atoms with Crippen molar-refractivity contribution >= 4 is 17.9 Å². The van der Waals surface area contributed by atoms with Crippen molar-refractivity contribution in [3.05, 3.63) is 34.7 Å². The van der Waals surface area contributed by atoms with Crippen LogP contribution in [0.5, 0.6) is 0 Å². The van der Waals surface area contributed by atoms with Gasteiger partial charge in [-0.1, -0.05) is 30.3 Å². The highest BCUT2D eigenvalue weighted by molar-refractivity contribution is 6.13. The molecule has 0 saturated carbocycles. The molecular weight excluding hydrogens is 160 g/mol. The van der Waals surface area contributed by atoms with Crippen molar-refractivity contribution in [2.24, 2.45) is 5.41 Å². The smallest absolute Gasteiger partial charge is 0.165 e. The number of hydrogen-bond donors (Lipinski definition) is 0. The van der Waals surface area contributed by atoms with E-state index in [0.717, 1.165) is 10.4 Å². The van der Waals surface area contributed by atoms with Crippen molar-refractivity contribution in [2.45, 2.75) is 13.8 Å². The van der Waals surface area contributed by atoms with Gasteiger partial charge in [0.15, 0.2) is 5.78 Å². The number of hydrogen-bond acceptors (Lipinski definition) is 1. The predicted molar refractivity (Wildman–Crippen MR) is 53.4 cm³/mol. The summed E-state index contributed by atoms with van der Waals surface area (Å²) in [6.45, 7) is 3.89. The first-order valence-electron chi connectivity index (χ1n) is 4.44. The second-order valence-electron chi connectivity index (χ2n) is 4.00. The third kappa shape index (κ3) is 1.31. The van der Waals surface area contributed by atoms with Gasteiger partial charge in [0.1, 0.15) is 0 Å². The number of Topliss-reactive ketones (excluding diaryl/α,β-unsaturated/α-hetero) is 1. The Balaban J connectivity index is 2.81. The van der Waals surface area contributed by atoms with Crippen LogP contribution in [0.25, 0.3) is 12.2 Å². The number of fused-ring (bicyclic) bond motifs is 1. The molecule has 0 amide bonds. The van der Waals surface area contributed by atoms with Crippen LogP contribution in [0, 0.1) is 5.41 Å². The van der Waals surface area contributed by atoms with E-state index in [4.69, 9.17) is 0 Å². The van der Waals surface area contributed by atoms with Gasteiger partial charge in [0.25, 0.3) is 0 Å². The van der Waals surface area contributed by atoms with E-state index in [2.05, 4.69) is 0 Å². The van der Waals surface area contributed by atoms with E-state index < -0.39 is 0 Å². The Kier molecular flexibility index (Phi) is 1.62. The Morgan fingerprint density at radius 1 is 1.08 bits per heavy atom. The van der Waals surface area contributed by atoms with E-state index in [1.54, 1.807) is 6.08 Å². The molecule has 1 heteroatoms. The van der Waals surface area contributed by atoms with Gasteiger partial charge in [-0.05, 0) is 30.4 Å². The minimum Gasteiger partial charge on any atom is -0.294 e. The number of carbonyl (C=O) groups excluding carboxylic acids is 1. The maximum absolute atomic E-state index is 11.6. The van der Waals surface area contributed by atoms with Gasteiger partial charge in [0.2, 0.25) is 0 Å². The van der Waals surface area contributed by atoms with E-state index in [0.29, 0.717) is 0 Å². The van der Waals surface area contributed by atoms with Crippen LogP contribution in [0.15, 0.2) is 24.3 Å². The van der Waals surface area contributed by atoms with Crippen LogP contribution in [0.4, 0.5) is 0 Å². The first-order chi connectivity index (χ1) is 6.09. The summed E-state index contributed by atoms with van der Waals surface area (Å²) >= 11 is 0. The Morgan fingerprint density at radius 2 is 1.69 bits per heavy atom. The second kappa shape index (κ2) is 2.56. The van der Waals surface area contributed by atoms with Crippen LogP contribution in [0.2, 0.25) is 0 Å². The van der Waals surface area contributed by atoms with Crippen LogP contribution in [0.3, 0.4) is 0 Å². The second-order valence-corrected chi connectivity index (χ2v) is 4.00. The molecule has 0 N–H and O–H groups in total. The summed E-state index contributed by atoms with van der Waals surface area (Å²) in [5.74, 6) is 0.186. The zero-order valence-electron chi connectivity index (χ0n) is 7.87. The van der Waals surface area contributed by atoms with E-state index in [-0.39, 0.29) is 11.2 Å². The zero-order chi connectivity index (χ0) is 9.47. The SMILES string of the molecule is CC1(C)C=c2ccccc2=CC1=O. The highest BCUT2D eigenvalue weighted by Gasteiger charge is 2.24. The maximum atomic E-state index is 11.6. The molecule has 0 unspecified atom stereocenters. The molecule has 2 rings (SSSR count). The number of benzene rings is 1. The average Bonchev–Trinajstić information content (AvgIpc) is 2.06. The summed E-state index contributed by atoms with van der Waals surface area (Å²) in [5.41, 5.74) is -0.339. The molecular formula is C12H12O. The summed E-state index contributed by atoms with van der Waals surface area (Å²) in [5, 5.41) is 2.19. The van der Waals surface area contributed by atoms with Gasteiger partial charge in [-0.25, -0.2) is 0 Å². The van der Waals surface area contributed by atoms with Gasteiger partial charge in [0.05, 0.1) is 0 Å². The molecule has 1 aromatic carbocycles. The van der Waals surface area contributed by atoms with Gasteiger partial charge >= 0.3 is 0 Å². The fourth-order valence-corrected chi connectivity index (χ4v) is 1.56. The van der Waals surface area contributed by atoms with Gasteiger partial charge < -0.3 is 0 Å². The minimum absolute atomic E-state index is 0.186. The quantitative estimate of drug-likeness (QED) is 0.567. The molecule has 0 aromatic heterocycles. The molecule has 1 aromatic rings. The van der Waals surface area contributed by atoms with Crippen LogP contribution >= 0.6 is 0 Å². The Labute approximate surface area is 77.4 Å². The molecule has 0 spiro atoms. The van der Waals surface area contributed by atoms with Crippen molar-refractivity contribution in [3.8, 4) is 0 Å². The van der Waals surface area contributed by atoms with Crippen molar-refractivity contribution in [1.29, 1.82) is 0 Å². The van der Waals surface area contributed by atoms with Gasteiger partial charge in [-0.2, -0.15) is 0 Å². The summed E-state index contributed by atoms with van der Waals surface area (Å²) in [6.07, 6.45) is 3.76. The number of carbonyl (C=O) groups is 1. The number of ketones is 1. The summed E-state index contributed by atoms with van der Waals surface area (Å²) in [7, 11) is 0. The summed E-state index contributed by atoms with van der Waals surface area (Å²) in [6, 6.07) is 7.96. The van der Waals surface area contributed by atoms with Crippen LogP contribution in [-0.2, 0) is 4.79 Å². The molecule has 1 aliphatic carbocycles. The Morgan fingerprint density at radius 3 is 2.38 bits per heavy atom. The van der Waals surface area contributed by atoms with Crippen molar-refractivity contribution in [3.63, 3.8) is 0 Å². The summed E-state index contributed by atoms with van der Waals surface area (Å²) < 4.78 is 0. The first kappa shape index (κ1) is 8.24. The van der Waals surface area contributed by atoms with E-state index in [9.17, 15) is 4.79 Å². The largest absolute Gasteiger partial charge is 0.294 e. The number of rotatable bonds is 0. The van der Waals surface area contributed by atoms with E-state index >= 15 is 0 Å². The third-order valence-corrected chi connectivity index (χ3v) is 2.43. The van der Waals surface area contributed by atoms with Gasteiger partial charge in [0, 0.05) is 5.41 Å². The first-order valence-corrected chi connectivity index (χ1v) is 4.44. The third-order valence-electron chi connectivity index (χ3n) is 2.43. The predicted octanol–water partition coefficient (Wildman–Crippen LogP) is 0.857. The maximum Gasteiger partial charge on any atom is 0.165 e. The normalized spacial score (nSPS) is 18.5. The van der Waals surface area contributed by atoms with Crippen LogP contribution < -0.4 is 10.4 Å². The van der Waals surface area contributed by atoms with Crippen LogP contribution in [0.1, 0.15) is 13.8 Å². The topological polar surface area (TPSA) is 17.1 Å². The van der Waals surface area contributed by atoms with Crippen molar-refractivity contribution in [2.75, 3.05) is 0 Å². The molecule has 1 aliphatic rings. The molecule has 1 nitrogen and oxygen atoms in total. The molecule has 0 heterocycles. The lowest BCUT2D eigenvalue weighted by Crippen LogP contribution is -2.36. The average molecular weight is 172 g/mol. The fraction of sp³-hybridized carbons (Fsp3) is 0.250. The molecule has 0 radical (unpaired) electrons. The fourth-order valence-electron chi connectivity index (χ4n) is 1.56. The van der Waals surface area contributed by atoms with Gasteiger partial charge in [-0.15, -0.1) is 0 Å². The highest BCUT2D eigenvalue weighted by atomic mass is 16.1. The monoisotopic (exact) mass is 172 g/mol. The van der Waals surface area contributed by atoms with Crippen molar-refractivity contribution < 1.29 is 4.79 Å². The molecule has 0 atom stereocenters. The van der Waals surface area contributed by atoms with E-state index in [1.165, 1.54) is 0 Å². The standard InChI is InChI=1S/C12H12O/c1-12(2)8-10-6-4-3-5-9(10)7-11(12)13/h3-8H,1-2H3. The molecule has 0 bridgehead atoms. The van der Waals surface area contributed by atoms with Crippen LogP contribution in [-0.4, -0.2) is 5.78 Å². The molecule has 13 heavy (non-hydrogen) atoms.